The van der Waals surface area contributed by atoms with Crippen molar-refractivity contribution in [3.05, 3.63) is 16.1 Å². The molecule has 0 aliphatic carbocycles. The summed E-state index contributed by atoms with van der Waals surface area (Å²) in [6.45, 7) is 2.37. The molecule has 1 fully saturated rings. The first-order valence-electron chi connectivity index (χ1n) is 4.53. The van der Waals surface area contributed by atoms with E-state index in [1.807, 2.05) is 0 Å². The number of rotatable bonds is 2. The molecule has 4 heteroatoms. The van der Waals surface area contributed by atoms with Crippen LogP contribution in [0.2, 0.25) is 0 Å². The average Bonchev–Trinajstić information content (AvgIpc) is 2.71. The lowest BCUT2D eigenvalue weighted by Crippen LogP contribution is -2.13. The second-order valence-electron chi connectivity index (χ2n) is 3.57. The molecule has 1 aromatic rings. The molecule has 0 bridgehead atoms. The molecule has 1 unspecified atom stereocenters. The fraction of sp³-hybridized carbons (Fsp3) is 0.667. The standard InChI is InChI=1S/C9H14N2S2/c1-11-3-2-7(4-11)8-6-13-9(5-12)10-8/h6-7,12H,2-5H2,1H3. The van der Waals surface area contributed by atoms with Gasteiger partial charge in [-0.15, -0.1) is 11.3 Å². The van der Waals surface area contributed by atoms with E-state index < -0.39 is 0 Å². The lowest BCUT2D eigenvalue weighted by molar-refractivity contribution is 0.411. The summed E-state index contributed by atoms with van der Waals surface area (Å²) in [5, 5.41) is 3.34. The molecule has 1 aliphatic rings. The number of hydrogen-bond donors (Lipinski definition) is 1. The first-order chi connectivity index (χ1) is 6.29. The van der Waals surface area contributed by atoms with Crippen molar-refractivity contribution in [2.75, 3.05) is 20.1 Å². The Labute approximate surface area is 88.4 Å². The van der Waals surface area contributed by atoms with Crippen molar-refractivity contribution in [3.63, 3.8) is 0 Å². The fourth-order valence-corrected chi connectivity index (χ4v) is 2.79. The van der Waals surface area contributed by atoms with E-state index in [0.29, 0.717) is 5.92 Å². The minimum Gasteiger partial charge on any atom is -0.306 e. The Morgan fingerprint density at radius 1 is 1.77 bits per heavy atom. The van der Waals surface area contributed by atoms with E-state index in [0.717, 1.165) is 17.3 Å². The normalized spacial score (nSPS) is 24.0. The van der Waals surface area contributed by atoms with Crippen molar-refractivity contribution in [2.24, 2.45) is 0 Å². The molecule has 1 atom stereocenters. The van der Waals surface area contributed by atoms with Crippen molar-refractivity contribution in [1.29, 1.82) is 0 Å². The summed E-state index contributed by atoms with van der Waals surface area (Å²) in [6, 6.07) is 0. The summed E-state index contributed by atoms with van der Waals surface area (Å²) < 4.78 is 0. The Bertz CT molecular complexity index is 285. The molecule has 0 radical (unpaired) electrons. The zero-order chi connectivity index (χ0) is 9.26. The monoisotopic (exact) mass is 214 g/mol. The summed E-state index contributed by atoms with van der Waals surface area (Å²) in [5.41, 5.74) is 1.28. The van der Waals surface area contributed by atoms with Gasteiger partial charge in [0.25, 0.3) is 0 Å². The van der Waals surface area contributed by atoms with Gasteiger partial charge in [0.05, 0.1) is 5.69 Å². The fourth-order valence-electron chi connectivity index (χ4n) is 1.76. The van der Waals surface area contributed by atoms with Crippen LogP contribution >= 0.6 is 24.0 Å². The van der Waals surface area contributed by atoms with Crippen molar-refractivity contribution < 1.29 is 0 Å². The topological polar surface area (TPSA) is 16.1 Å². The average molecular weight is 214 g/mol. The molecule has 0 saturated carbocycles. The van der Waals surface area contributed by atoms with E-state index in [1.165, 1.54) is 18.7 Å². The van der Waals surface area contributed by atoms with Gasteiger partial charge in [-0.1, -0.05) is 0 Å². The van der Waals surface area contributed by atoms with Gasteiger partial charge in [0.2, 0.25) is 0 Å². The summed E-state index contributed by atoms with van der Waals surface area (Å²) in [5.74, 6) is 1.43. The van der Waals surface area contributed by atoms with Crippen LogP contribution in [0.15, 0.2) is 5.38 Å². The Morgan fingerprint density at radius 2 is 2.62 bits per heavy atom. The van der Waals surface area contributed by atoms with Gasteiger partial charge in [-0.2, -0.15) is 12.6 Å². The molecule has 0 spiro atoms. The van der Waals surface area contributed by atoms with Crippen LogP contribution in [0.25, 0.3) is 0 Å². The number of likely N-dealkylation sites (tertiary alicyclic amines) is 1. The molecule has 0 N–H and O–H groups in total. The number of hydrogen-bond acceptors (Lipinski definition) is 4. The van der Waals surface area contributed by atoms with E-state index in [9.17, 15) is 0 Å². The quantitative estimate of drug-likeness (QED) is 0.758. The second-order valence-corrected chi connectivity index (χ2v) is 4.83. The highest BCUT2D eigenvalue weighted by molar-refractivity contribution is 7.79. The molecule has 0 aromatic carbocycles. The van der Waals surface area contributed by atoms with Crippen LogP contribution in [0.1, 0.15) is 23.0 Å². The minimum absolute atomic E-state index is 0.662. The molecule has 2 nitrogen and oxygen atoms in total. The lowest BCUT2D eigenvalue weighted by Gasteiger charge is -2.06. The first kappa shape index (κ1) is 9.49. The van der Waals surface area contributed by atoms with Crippen molar-refractivity contribution in [2.45, 2.75) is 18.1 Å². The predicted octanol–water partition coefficient (Wildman–Crippen LogP) is 1.99. The third-order valence-electron chi connectivity index (χ3n) is 2.51. The smallest absolute Gasteiger partial charge is 0.102 e. The highest BCUT2D eigenvalue weighted by Crippen LogP contribution is 2.27. The molecule has 1 saturated heterocycles. The molecular formula is C9H14N2S2. The number of likely N-dealkylation sites (N-methyl/N-ethyl adjacent to an activating group) is 1. The van der Waals surface area contributed by atoms with Gasteiger partial charge in [0, 0.05) is 23.6 Å². The number of aromatic nitrogens is 1. The maximum Gasteiger partial charge on any atom is 0.102 e. The van der Waals surface area contributed by atoms with E-state index in [-0.39, 0.29) is 0 Å². The van der Waals surface area contributed by atoms with Crippen molar-refractivity contribution >= 4 is 24.0 Å². The van der Waals surface area contributed by atoms with Crippen LogP contribution in [0.4, 0.5) is 0 Å². The van der Waals surface area contributed by atoms with E-state index in [1.54, 1.807) is 11.3 Å². The van der Waals surface area contributed by atoms with Crippen LogP contribution in [-0.4, -0.2) is 30.0 Å². The molecule has 72 valence electrons. The molecule has 0 amide bonds. The highest BCUT2D eigenvalue weighted by atomic mass is 32.1. The van der Waals surface area contributed by atoms with Crippen molar-refractivity contribution in [3.8, 4) is 0 Å². The van der Waals surface area contributed by atoms with Crippen LogP contribution in [0.5, 0.6) is 0 Å². The molecule has 1 aliphatic heterocycles. The summed E-state index contributed by atoms with van der Waals surface area (Å²) in [6.07, 6.45) is 1.26. The Morgan fingerprint density at radius 3 is 3.15 bits per heavy atom. The number of nitrogens with zero attached hydrogens (tertiary/aromatic N) is 2. The number of thiazole rings is 1. The van der Waals surface area contributed by atoms with E-state index in [2.05, 4.69) is 34.9 Å². The maximum absolute atomic E-state index is 4.56. The van der Waals surface area contributed by atoms with Gasteiger partial charge >= 0.3 is 0 Å². The third kappa shape index (κ3) is 2.06. The molecule has 13 heavy (non-hydrogen) atoms. The lowest BCUT2D eigenvalue weighted by atomic mass is 10.1. The third-order valence-corrected chi connectivity index (χ3v) is 3.89. The second kappa shape index (κ2) is 3.98. The predicted molar refractivity (Wildman–Crippen MR) is 59.7 cm³/mol. The minimum atomic E-state index is 0.662. The van der Waals surface area contributed by atoms with E-state index in [4.69, 9.17) is 0 Å². The zero-order valence-corrected chi connectivity index (χ0v) is 9.44. The zero-order valence-electron chi connectivity index (χ0n) is 7.73. The van der Waals surface area contributed by atoms with Crippen LogP contribution in [0.3, 0.4) is 0 Å². The Hall–Kier alpha value is -0.0600. The molecule has 2 rings (SSSR count). The number of thiol groups is 1. The van der Waals surface area contributed by atoms with Gasteiger partial charge in [-0.25, -0.2) is 4.98 Å². The van der Waals surface area contributed by atoms with Crippen LogP contribution in [-0.2, 0) is 5.75 Å². The SMILES string of the molecule is CN1CCC(c2csc(CS)n2)C1. The first-order valence-corrected chi connectivity index (χ1v) is 6.04. The summed E-state index contributed by atoms with van der Waals surface area (Å²) >= 11 is 5.95. The Kier molecular flexibility index (Phi) is 2.91. The largest absolute Gasteiger partial charge is 0.306 e. The van der Waals surface area contributed by atoms with Gasteiger partial charge in [-0.3, -0.25) is 0 Å². The van der Waals surface area contributed by atoms with E-state index >= 15 is 0 Å². The highest BCUT2D eigenvalue weighted by Gasteiger charge is 2.22. The molecule has 1 aromatic heterocycles. The van der Waals surface area contributed by atoms with Crippen molar-refractivity contribution in [1.82, 2.24) is 9.88 Å². The van der Waals surface area contributed by atoms with Crippen LogP contribution < -0.4 is 0 Å². The summed E-state index contributed by atoms with van der Waals surface area (Å²) in [7, 11) is 2.17. The van der Waals surface area contributed by atoms with Gasteiger partial charge in [0.15, 0.2) is 0 Å². The summed E-state index contributed by atoms with van der Waals surface area (Å²) in [4.78, 5) is 6.93. The van der Waals surface area contributed by atoms with Gasteiger partial charge in [-0.05, 0) is 20.0 Å². The molecular weight excluding hydrogens is 200 g/mol. The Balaban J connectivity index is 2.08. The van der Waals surface area contributed by atoms with Gasteiger partial charge < -0.3 is 4.90 Å². The molecule has 2 heterocycles. The van der Waals surface area contributed by atoms with Crippen LogP contribution in [0, 0.1) is 0 Å². The van der Waals surface area contributed by atoms with Gasteiger partial charge in [0.1, 0.15) is 5.01 Å². The maximum atomic E-state index is 4.56.